The summed E-state index contributed by atoms with van der Waals surface area (Å²) < 4.78 is 2.71. The number of hydrogen-bond donors (Lipinski definition) is 0. The van der Waals surface area contributed by atoms with Crippen LogP contribution in [0.2, 0.25) is 0 Å². The Bertz CT molecular complexity index is 1310. The van der Waals surface area contributed by atoms with Gasteiger partial charge in [-0.15, -0.1) is 10.2 Å². The van der Waals surface area contributed by atoms with Crippen LogP contribution in [0.4, 0.5) is 16.6 Å². The van der Waals surface area contributed by atoms with E-state index >= 15 is 0 Å². The minimum Gasteiger partial charge on any atom is -0.305 e. The lowest BCUT2D eigenvalue weighted by Crippen LogP contribution is -2.12. The topological polar surface area (TPSA) is 102 Å². The number of benzene rings is 2. The number of fused-ring (bicyclic) bond motifs is 4. The van der Waals surface area contributed by atoms with Crippen LogP contribution in [0.1, 0.15) is 0 Å². The van der Waals surface area contributed by atoms with Crippen LogP contribution in [0.5, 0.6) is 0 Å². The summed E-state index contributed by atoms with van der Waals surface area (Å²) in [7, 11) is 1.87. The first-order chi connectivity index (χ1) is 13.1. The Kier molecular flexibility index (Phi) is 3.28. The summed E-state index contributed by atoms with van der Waals surface area (Å²) in [5.41, 5.74) is 1.52. The maximum Gasteiger partial charge on any atom is 0.271 e. The number of nitro groups is 1. The molecular weight excluding hydrogens is 366 g/mol. The number of rotatable bonds is 3. The van der Waals surface area contributed by atoms with E-state index in [9.17, 15) is 10.1 Å². The zero-order chi connectivity index (χ0) is 18.5. The lowest BCUT2D eigenvalue weighted by atomic mass is 10.2. The van der Waals surface area contributed by atoms with Crippen molar-refractivity contribution in [1.29, 1.82) is 0 Å². The molecule has 9 nitrogen and oxygen atoms in total. The second kappa shape index (κ2) is 5.68. The normalized spacial score (nSPS) is 11.4. The SMILES string of the molecule is CN(c1nc2ccccc2s1)c1nc2nncn2c2cc([N+](=O)[O-])ccc12. The third-order valence-electron chi connectivity index (χ3n) is 4.32. The van der Waals surface area contributed by atoms with Crippen molar-refractivity contribution in [1.82, 2.24) is 24.6 Å². The van der Waals surface area contributed by atoms with E-state index in [4.69, 9.17) is 0 Å². The summed E-state index contributed by atoms with van der Waals surface area (Å²) >= 11 is 1.55. The molecule has 132 valence electrons. The molecule has 0 aliphatic carbocycles. The van der Waals surface area contributed by atoms with Crippen LogP contribution < -0.4 is 4.90 Å². The molecule has 0 spiro atoms. The highest BCUT2D eigenvalue weighted by molar-refractivity contribution is 7.22. The van der Waals surface area contributed by atoms with Gasteiger partial charge in [0.25, 0.3) is 11.5 Å². The van der Waals surface area contributed by atoms with Gasteiger partial charge >= 0.3 is 0 Å². The summed E-state index contributed by atoms with van der Waals surface area (Å²) in [4.78, 5) is 21.9. The molecular formula is C17H11N7O2S. The Morgan fingerprint density at radius 2 is 2.04 bits per heavy atom. The standard InChI is InChI=1S/C17H11N7O2S/c1-22(17-19-12-4-2-3-5-14(12)27-17)15-11-7-6-10(24(25)26)8-13(11)23-9-18-21-16(23)20-15/h2-9H,1H3. The highest BCUT2D eigenvalue weighted by Crippen LogP contribution is 2.35. The Hall–Kier alpha value is -3.66. The monoisotopic (exact) mass is 377 g/mol. The van der Waals surface area contributed by atoms with Gasteiger partial charge < -0.3 is 4.90 Å². The second-order valence-corrected chi connectivity index (χ2v) is 6.93. The van der Waals surface area contributed by atoms with E-state index in [0.717, 1.165) is 20.7 Å². The molecule has 0 aliphatic rings. The van der Waals surface area contributed by atoms with Crippen LogP contribution >= 0.6 is 11.3 Å². The van der Waals surface area contributed by atoms with Gasteiger partial charge in [-0.25, -0.2) is 4.98 Å². The number of nitrogens with zero attached hydrogens (tertiary/aromatic N) is 7. The molecule has 5 aromatic rings. The fourth-order valence-electron chi connectivity index (χ4n) is 3.00. The zero-order valence-electron chi connectivity index (χ0n) is 14.0. The predicted molar refractivity (Wildman–Crippen MR) is 103 cm³/mol. The summed E-state index contributed by atoms with van der Waals surface area (Å²) in [5, 5.41) is 20.6. The molecule has 0 fully saturated rings. The van der Waals surface area contributed by atoms with Gasteiger partial charge in [0.2, 0.25) is 0 Å². The molecule has 0 radical (unpaired) electrons. The van der Waals surface area contributed by atoms with E-state index in [-0.39, 0.29) is 5.69 Å². The van der Waals surface area contributed by atoms with Crippen LogP contribution in [0.15, 0.2) is 48.8 Å². The van der Waals surface area contributed by atoms with Gasteiger partial charge in [0.1, 0.15) is 12.1 Å². The number of hydrogen-bond acceptors (Lipinski definition) is 8. The summed E-state index contributed by atoms with van der Waals surface area (Å²) in [6, 6.07) is 12.6. The quantitative estimate of drug-likeness (QED) is 0.350. The van der Waals surface area contributed by atoms with Crippen LogP contribution in [0.25, 0.3) is 26.9 Å². The van der Waals surface area contributed by atoms with Crippen molar-refractivity contribution in [3.63, 3.8) is 0 Å². The van der Waals surface area contributed by atoms with Crippen LogP contribution in [-0.4, -0.2) is 36.5 Å². The summed E-state index contributed by atoms with van der Waals surface area (Å²) in [5.74, 6) is 0.977. The van der Waals surface area contributed by atoms with Crippen molar-refractivity contribution in [2.24, 2.45) is 0 Å². The van der Waals surface area contributed by atoms with Crippen molar-refractivity contribution in [2.75, 3.05) is 11.9 Å². The molecule has 3 heterocycles. The van der Waals surface area contributed by atoms with Crippen LogP contribution in [0, 0.1) is 10.1 Å². The van der Waals surface area contributed by atoms with E-state index < -0.39 is 4.92 Å². The van der Waals surface area contributed by atoms with Gasteiger partial charge in [-0.3, -0.25) is 14.5 Å². The highest BCUT2D eigenvalue weighted by atomic mass is 32.1. The number of para-hydroxylation sites is 1. The fourth-order valence-corrected chi connectivity index (χ4v) is 3.93. The van der Waals surface area contributed by atoms with Gasteiger partial charge in [-0.1, -0.05) is 23.5 Å². The van der Waals surface area contributed by atoms with Gasteiger partial charge in [-0.05, 0) is 18.2 Å². The van der Waals surface area contributed by atoms with Crippen molar-refractivity contribution in [3.8, 4) is 0 Å². The molecule has 2 aromatic carbocycles. The molecule has 3 aromatic heterocycles. The van der Waals surface area contributed by atoms with Crippen LogP contribution in [-0.2, 0) is 0 Å². The smallest absolute Gasteiger partial charge is 0.271 e. The van der Waals surface area contributed by atoms with Gasteiger partial charge in [0.15, 0.2) is 5.13 Å². The van der Waals surface area contributed by atoms with Crippen LogP contribution in [0.3, 0.4) is 0 Å². The molecule has 0 saturated carbocycles. The molecule has 10 heteroatoms. The first kappa shape index (κ1) is 15.6. The molecule has 0 bridgehead atoms. The predicted octanol–water partition coefficient (Wildman–Crippen LogP) is 3.56. The van der Waals surface area contributed by atoms with E-state index in [2.05, 4.69) is 20.2 Å². The number of aromatic nitrogens is 5. The third kappa shape index (κ3) is 2.38. The molecule has 0 atom stereocenters. The Labute approximate surface area is 155 Å². The third-order valence-corrected chi connectivity index (χ3v) is 5.43. The number of thiazole rings is 1. The Balaban J connectivity index is 1.76. The average molecular weight is 377 g/mol. The molecule has 5 rings (SSSR count). The molecule has 0 unspecified atom stereocenters. The van der Waals surface area contributed by atoms with E-state index in [1.165, 1.54) is 18.5 Å². The highest BCUT2D eigenvalue weighted by Gasteiger charge is 2.19. The van der Waals surface area contributed by atoms with E-state index in [0.29, 0.717) is 17.1 Å². The maximum atomic E-state index is 11.2. The minimum absolute atomic E-state index is 0.00251. The number of nitro benzene ring substituents is 1. The number of anilines is 2. The first-order valence-corrected chi connectivity index (χ1v) is 8.80. The maximum absolute atomic E-state index is 11.2. The summed E-state index contributed by atoms with van der Waals surface area (Å²) in [6.07, 6.45) is 1.50. The van der Waals surface area contributed by atoms with Gasteiger partial charge in [0.05, 0.1) is 20.7 Å². The van der Waals surface area contributed by atoms with Crippen molar-refractivity contribution in [3.05, 3.63) is 58.9 Å². The molecule has 27 heavy (non-hydrogen) atoms. The largest absolute Gasteiger partial charge is 0.305 e. The molecule has 0 N–H and O–H groups in total. The fraction of sp³-hybridized carbons (Fsp3) is 0.0588. The second-order valence-electron chi connectivity index (χ2n) is 5.92. The lowest BCUT2D eigenvalue weighted by Gasteiger charge is -2.17. The van der Waals surface area contributed by atoms with Crippen molar-refractivity contribution < 1.29 is 4.92 Å². The van der Waals surface area contributed by atoms with E-state index in [1.807, 2.05) is 36.2 Å². The molecule has 0 saturated heterocycles. The zero-order valence-corrected chi connectivity index (χ0v) is 14.8. The van der Waals surface area contributed by atoms with Gasteiger partial charge in [0, 0.05) is 24.6 Å². The lowest BCUT2D eigenvalue weighted by molar-refractivity contribution is -0.384. The Morgan fingerprint density at radius 3 is 2.85 bits per heavy atom. The first-order valence-electron chi connectivity index (χ1n) is 7.99. The molecule has 0 amide bonds. The minimum atomic E-state index is -0.424. The Morgan fingerprint density at radius 1 is 1.19 bits per heavy atom. The van der Waals surface area contributed by atoms with Crippen molar-refractivity contribution >= 4 is 54.9 Å². The van der Waals surface area contributed by atoms with Gasteiger partial charge in [-0.2, -0.15) is 4.98 Å². The van der Waals surface area contributed by atoms with Crippen molar-refractivity contribution in [2.45, 2.75) is 0 Å². The molecule has 0 aliphatic heterocycles. The average Bonchev–Trinajstić information content (AvgIpc) is 3.32. The van der Waals surface area contributed by atoms with E-state index in [1.54, 1.807) is 21.8 Å². The summed E-state index contributed by atoms with van der Waals surface area (Å²) in [6.45, 7) is 0. The number of non-ortho nitro benzene ring substituents is 1.